The van der Waals surface area contributed by atoms with E-state index in [1.807, 2.05) is 0 Å². The molecule has 2 rings (SSSR count). The Labute approximate surface area is 114 Å². The minimum atomic E-state index is -0.740. The van der Waals surface area contributed by atoms with Crippen LogP contribution < -0.4 is 10.5 Å². The van der Waals surface area contributed by atoms with Crippen LogP contribution in [0.25, 0.3) is 11.5 Å². The number of hydrogen-bond acceptors (Lipinski definition) is 7. The largest absolute Gasteiger partial charge is 0.496 e. The summed E-state index contributed by atoms with van der Waals surface area (Å²) in [5.74, 6) is 0.822. The van der Waals surface area contributed by atoms with Gasteiger partial charge in [-0.3, -0.25) is 10.1 Å². The number of ether oxygens (including phenoxy) is 1. The lowest BCUT2D eigenvalue weighted by molar-refractivity contribution is -0.384. The molecule has 0 aliphatic rings. The van der Waals surface area contributed by atoms with Gasteiger partial charge < -0.3 is 15.0 Å². The van der Waals surface area contributed by atoms with Gasteiger partial charge >= 0.3 is 0 Å². The molecule has 0 radical (unpaired) electrons. The van der Waals surface area contributed by atoms with Crippen molar-refractivity contribution in [1.29, 1.82) is 0 Å². The molecule has 0 saturated heterocycles. The van der Waals surface area contributed by atoms with Gasteiger partial charge in [0.25, 0.3) is 11.6 Å². The Bertz CT molecular complexity index is 645. The number of rotatable bonds is 4. The third kappa shape index (κ3) is 2.59. The maximum absolute atomic E-state index is 10.7. The molecule has 0 bridgehead atoms. The quantitative estimate of drug-likeness (QED) is 0.669. The van der Waals surface area contributed by atoms with E-state index in [0.717, 1.165) is 0 Å². The number of non-ortho nitro benzene ring substituents is 1. The Morgan fingerprint density at radius 3 is 2.65 bits per heavy atom. The molecule has 8 nitrogen and oxygen atoms in total. The lowest BCUT2D eigenvalue weighted by Crippen LogP contribution is -2.30. The van der Waals surface area contributed by atoms with Gasteiger partial charge in [-0.2, -0.15) is 4.98 Å². The molecule has 2 aromatic rings. The zero-order valence-corrected chi connectivity index (χ0v) is 11.3. The van der Waals surface area contributed by atoms with Crippen LogP contribution in [0.3, 0.4) is 0 Å². The lowest BCUT2D eigenvalue weighted by Gasteiger charge is -2.11. The van der Waals surface area contributed by atoms with Crippen molar-refractivity contribution in [1.82, 2.24) is 10.1 Å². The molecule has 0 fully saturated rings. The molecule has 106 valence electrons. The number of nitro groups is 1. The minimum Gasteiger partial charge on any atom is -0.496 e. The summed E-state index contributed by atoms with van der Waals surface area (Å²) in [5, 5.41) is 14.5. The Morgan fingerprint density at radius 1 is 1.45 bits per heavy atom. The summed E-state index contributed by atoms with van der Waals surface area (Å²) in [7, 11) is 1.41. The Balaban J connectivity index is 2.47. The second-order valence-electron chi connectivity index (χ2n) is 4.79. The highest BCUT2D eigenvalue weighted by Gasteiger charge is 2.24. The van der Waals surface area contributed by atoms with Gasteiger partial charge in [0.1, 0.15) is 5.75 Å². The molecule has 20 heavy (non-hydrogen) atoms. The number of nitro benzene ring substituents is 1. The first-order valence-electron chi connectivity index (χ1n) is 5.79. The standard InChI is InChI=1S/C12H14N4O4/c1-12(2,13)11-14-10(20-15-11)8-5-4-7(16(17)18)6-9(8)19-3/h4-6H,13H2,1-3H3. The maximum atomic E-state index is 10.7. The molecule has 0 amide bonds. The predicted octanol–water partition coefficient (Wildman–Crippen LogP) is 1.85. The molecule has 1 aromatic heterocycles. The van der Waals surface area contributed by atoms with Gasteiger partial charge in [0, 0.05) is 6.07 Å². The van der Waals surface area contributed by atoms with E-state index in [9.17, 15) is 10.1 Å². The zero-order chi connectivity index (χ0) is 14.9. The number of nitrogens with zero attached hydrogens (tertiary/aromatic N) is 3. The van der Waals surface area contributed by atoms with Crippen LogP contribution in [0.2, 0.25) is 0 Å². The third-order valence-electron chi connectivity index (χ3n) is 2.63. The van der Waals surface area contributed by atoms with Crippen molar-refractivity contribution in [2.45, 2.75) is 19.4 Å². The summed E-state index contributed by atoms with van der Waals surface area (Å²) in [6.45, 7) is 3.49. The molecule has 0 atom stereocenters. The second-order valence-corrected chi connectivity index (χ2v) is 4.79. The molecule has 0 aliphatic heterocycles. The van der Waals surface area contributed by atoms with Gasteiger partial charge in [-0.15, -0.1) is 0 Å². The fraction of sp³-hybridized carbons (Fsp3) is 0.333. The van der Waals surface area contributed by atoms with Gasteiger partial charge in [-0.05, 0) is 19.9 Å². The Morgan fingerprint density at radius 2 is 2.15 bits per heavy atom. The average Bonchev–Trinajstić information content (AvgIpc) is 2.87. The molecular formula is C12H14N4O4. The molecule has 0 saturated carbocycles. The first kappa shape index (κ1) is 13.9. The van der Waals surface area contributed by atoms with Gasteiger partial charge in [-0.1, -0.05) is 5.16 Å². The Hall–Kier alpha value is -2.48. The SMILES string of the molecule is COc1cc([N+](=O)[O-])ccc1-c1nc(C(C)(C)N)no1. The molecule has 8 heteroatoms. The third-order valence-corrected chi connectivity index (χ3v) is 2.63. The maximum Gasteiger partial charge on any atom is 0.273 e. The smallest absolute Gasteiger partial charge is 0.273 e. The van der Waals surface area contributed by atoms with Gasteiger partial charge in [0.15, 0.2) is 5.82 Å². The number of aromatic nitrogens is 2. The van der Waals surface area contributed by atoms with E-state index < -0.39 is 10.5 Å². The van der Waals surface area contributed by atoms with E-state index in [0.29, 0.717) is 11.4 Å². The summed E-state index contributed by atoms with van der Waals surface area (Å²) in [6, 6.07) is 4.14. The fourth-order valence-electron chi connectivity index (χ4n) is 1.56. The molecular weight excluding hydrogens is 264 g/mol. The van der Waals surface area contributed by atoms with Crippen LogP contribution in [0, 0.1) is 10.1 Å². The number of hydrogen-bond donors (Lipinski definition) is 1. The van der Waals surface area contributed by atoms with E-state index >= 15 is 0 Å². The van der Waals surface area contributed by atoms with Crippen LogP contribution in [-0.2, 0) is 5.54 Å². The van der Waals surface area contributed by atoms with Crippen molar-refractivity contribution in [3.05, 3.63) is 34.1 Å². The van der Waals surface area contributed by atoms with Crippen LogP contribution in [0.15, 0.2) is 22.7 Å². The summed E-state index contributed by atoms with van der Waals surface area (Å²) in [4.78, 5) is 14.4. The Kier molecular flexibility index (Phi) is 3.41. The van der Waals surface area contributed by atoms with Crippen LogP contribution in [-0.4, -0.2) is 22.2 Å². The summed E-state index contributed by atoms with van der Waals surface area (Å²) < 4.78 is 10.3. The number of nitrogens with two attached hydrogens (primary N) is 1. The first-order valence-corrected chi connectivity index (χ1v) is 5.79. The molecule has 1 aromatic carbocycles. The fourth-order valence-corrected chi connectivity index (χ4v) is 1.56. The normalized spacial score (nSPS) is 11.4. The summed E-state index contributed by atoms with van der Waals surface area (Å²) >= 11 is 0. The zero-order valence-electron chi connectivity index (χ0n) is 11.3. The van der Waals surface area contributed by atoms with Crippen LogP contribution in [0.4, 0.5) is 5.69 Å². The van der Waals surface area contributed by atoms with E-state index in [4.69, 9.17) is 15.0 Å². The second kappa shape index (κ2) is 4.89. The van der Waals surface area contributed by atoms with Crippen molar-refractivity contribution in [2.75, 3.05) is 7.11 Å². The lowest BCUT2D eigenvalue weighted by atomic mass is 10.1. The van der Waals surface area contributed by atoms with Gasteiger partial charge in [0.05, 0.1) is 29.2 Å². The molecule has 0 aliphatic carbocycles. The minimum absolute atomic E-state index is 0.0792. The van der Waals surface area contributed by atoms with E-state index in [1.165, 1.54) is 25.3 Å². The first-order chi connectivity index (χ1) is 9.32. The van der Waals surface area contributed by atoms with Gasteiger partial charge in [0.2, 0.25) is 0 Å². The molecule has 0 spiro atoms. The van der Waals surface area contributed by atoms with Crippen LogP contribution >= 0.6 is 0 Å². The van der Waals surface area contributed by atoms with E-state index in [-0.39, 0.29) is 17.3 Å². The highest BCUT2D eigenvalue weighted by Crippen LogP contribution is 2.32. The highest BCUT2D eigenvalue weighted by atomic mass is 16.6. The van der Waals surface area contributed by atoms with Crippen molar-refractivity contribution in [3.8, 4) is 17.2 Å². The summed E-state index contributed by atoms with van der Waals surface area (Å²) in [5.41, 5.74) is 5.53. The monoisotopic (exact) mass is 278 g/mol. The predicted molar refractivity (Wildman–Crippen MR) is 70.2 cm³/mol. The topological polar surface area (TPSA) is 117 Å². The van der Waals surface area contributed by atoms with Crippen molar-refractivity contribution in [2.24, 2.45) is 5.73 Å². The van der Waals surface area contributed by atoms with Crippen molar-refractivity contribution < 1.29 is 14.2 Å². The molecule has 1 heterocycles. The van der Waals surface area contributed by atoms with Crippen molar-refractivity contribution >= 4 is 5.69 Å². The number of benzene rings is 1. The average molecular weight is 278 g/mol. The molecule has 0 unspecified atom stereocenters. The van der Waals surface area contributed by atoms with E-state index in [1.54, 1.807) is 13.8 Å². The van der Waals surface area contributed by atoms with Crippen LogP contribution in [0.1, 0.15) is 19.7 Å². The molecule has 2 N–H and O–H groups in total. The van der Waals surface area contributed by atoms with Gasteiger partial charge in [-0.25, -0.2) is 0 Å². The van der Waals surface area contributed by atoms with E-state index in [2.05, 4.69) is 10.1 Å². The summed E-state index contributed by atoms with van der Waals surface area (Å²) in [6.07, 6.45) is 0. The number of methoxy groups -OCH3 is 1. The van der Waals surface area contributed by atoms with Crippen LogP contribution in [0.5, 0.6) is 5.75 Å². The highest BCUT2D eigenvalue weighted by molar-refractivity contribution is 5.65. The van der Waals surface area contributed by atoms with Crippen molar-refractivity contribution in [3.63, 3.8) is 0 Å².